The van der Waals surface area contributed by atoms with Crippen LogP contribution in [-0.2, 0) is 7.05 Å². The summed E-state index contributed by atoms with van der Waals surface area (Å²) in [6.45, 7) is 0. The number of fused-ring (bicyclic) bond motifs is 1. The molecule has 0 spiro atoms. The summed E-state index contributed by atoms with van der Waals surface area (Å²) < 4.78 is 2.06. The number of nitrogens with zero attached hydrogens (tertiary/aromatic N) is 2. The molecule has 0 aromatic carbocycles. The van der Waals surface area contributed by atoms with E-state index in [1.165, 1.54) is 0 Å². The molecule has 62 valence electrons. The van der Waals surface area contributed by atoms with Gasteiger partial charge in [-0.15, -0.1) is 0 Å². The molecular weight excluding hydrogens is 263 g/mol. The molecule has 0 radical (unpaired) electrons. The summed E-state index contributed by atoms with van der Waals surface area (Å²) in [4.78, 5) is 4.22. The maximum absolute atomic E-state index is 4.22. The van der Waals surface area contributed by atoms with E-state index in [1.54, 1.807) is 0 Å². The smallest absolute Gasteiger partial charge is 0.230 e. The first kappa shape index (κ1) is 9.38. The van der Waals surface area contributed by atoms with Crippen LogP contribution in [-0.4, -0.2) is 4.98 Å². The molecule has 2 nitrogen and oxygen atoms in total. The largest absolute Gasteiger partial charge is 1.00 e. The Kier molecular flexibility index (Phi) is 2.97. The van der Waals surface area contributed by atoms with Gasteiger partial charge in [-0.3, -0.25) is 0 Å². The molecule has 3 heteroatoms. The second-order valence-electron chi connectivity index (χ2n) is 2.53. The Morgan fingerprint density at radius 3 is 2.83 bits per heavy atom. The summed E-state index contributed by atoms with van der Waals surface area (Å²) >= 11 is 0. The van der Waals surface area contributed by atoms with E-state index in [4.69, 9.17) is 0 Å². The van der Waals surface area contributed by atoms with Gasteiger partial charge in [0.15, 0.2) is 6.20 Å². The maximum atomic E-state index is 4.22. The standard InChI is InChI=1S/C9H9N2.HI/c1-11-7-3-4-8-9(11)5-2-6-10-8;/h2-7H,1H3;1H/q+1;/p-1. The highest BCUT2D eigenvalue weighted by atomic mass is 127. The molecule has 0 atom stereocenters. The molecular formula is C9H9IN2. The third-order valence-corrected chi connectivity index (χ3v) is 1.76. The summed E-state index contributed by atoms with van der Waals surface area (Å²) in [6, 6.07) is 8.01. The zero-order valence-electron chi connectivity index (χ0n) is 6.74. The van der Waals surface area contributed by atoms with Crippen molar-refractivity contribution in [3.8, 4) is 0 Å². The van der Waals surface area contributed by atoms with Crippen LogP contribution in [0.25, 0.3) is 11.0 Å². The SMILES string of the molecule is C[n+]1cccc2ncccc21.[I-]. The van der Waals surface area contributed by atoms with Crippen molar-refractivity contribution >= 4 is 11.0 Å². The van der Waals surface area contributed by atoms with Gasteiger partial charge >= 0.3 is 0 Å². The third-order valence-electron chi connectivity index (χ3n) is 1.76. The first-order valence-corrected chi connectivity index (χ1v) is 3.57. The monoisotopic (exact) mass is 272 g/mol. The number of halogens is 1. The Hall–Kier alpha value is -0.710. The molecule has 0 aliphatic rings. The van der Waals surface area contributed by atoms with Crippen LogP contribution in [0.4, 0.5) is 0 Å². The second-order valence-corrected chi connectivity index (χ2v) is 2.53. The maximum Gasteiger partial charge on any atom is 0.230 e. The van der Waals surface area contributed by atoms with Gasteiger partial charge in [-0.2, -0.15) is 4.57 Å². The van der Waals surface area contributed by atoms with Gasteiger partial charge in [0, 0.05) is 18.3 Å². The van der Waals surface area contributed by atoms with Crippen LogP contribution in [0.15, 0.2) is 36.7 Å². The Balaban J connectivity index is 0.000000720. The Morgan fingerprint density at radius 1 is 1.25 bits per heavy atom. The van der Waals surface area contributed by atoms with Crippen molar-refractivity contribution in [2.24, 2.45) is 7.05 Å². The fraction of sp³-hybridized carbons (Fsp3) is 0.111. The first-order valence-electron chi connectivity index (χ1n) is 3.57. The summed E-state index contributed by atoms with van der Waals surface area (Å²) in [5.41, 5.74) is 2.20. The van der Waals surface area contributed by atoms with Gasteiger partial charge < -0.3 is 24.0 Å². The number of aromatic nitrogens is 2. The van der Waals surface area contributed by atoms with Crippen LogP contribution in [0, 0.1) is 0 Å². The summed E-state index contributed by atoms with van der Waals surface area (Å²) in [5.74, 6) is 0. The van der Waals surface area contributed by atoms with Crippen molar-refractivity contribution in [1.82, 2.24) is 4.98 Å². The Labute approximate surface area is 88.3 Å². The molecule has 2 aromatic heterocycles. The van der Waals surface area contributed by atoms with Crippen LogP contribution in [0.1, 0.15) is 0 Å². The minimum absolute atomic E-state index is 0. The summed E-state index contributed by atoms with van der Waals surface area (Å²) in [6.07, 6.45) is 3.83. The van der Waals surface area contributed by atoms with E-state index in [2.05, 4.69) is 15.6 Å². The lowest BCUT2D eigenvalue weighted by Gasteiger charge is -1.92. The molecule has 2 aromatic rings. The normalized spacial score (nSPS) is 9.42. The molecule has 0 saturated carbocycles. The lowest BCUT2D eigenvalue weighted by Crippen LogP contribution is -3.00. The van der Waals surface area contributed by atoms with Crippen molar-refractivity contribution in [3.05, 3.63) is 36.7 Å². The van der Waals surface area contributed by atoms with E-state index >= 15 is 0 Å². The molecule has 0 saturated heterocycles. The van der Waals surface area contributed by atoms with Gasteiger partial charge in [0.05, 0.1) is 0 Å². The molecule has 2 rings (SSSR count). The highest BCUT2D eigenvalue weighted by Crippen LogP contribution is 2.02. The molecule has 0 bridgehead atoms. The number of aryl methyl sites for hydroxylation is 1. The van der Waals surface area contributed by atoms with E-state index < -0.39 is 0 Å². The molecule has 12 heavy (non-hydrogen) atoms. The molecule has 0 amide bonds. The zero-order chi connectivity index (χ0) is 7.68. The second kappa shape index (κ2) is 3.80. The third kappa shape index (κ3) is 1.55. The van der Waals surface area contributed by atoms with E-state index in [9.17, 15) is 0 Å². The lowest BCUT2D eigenvalue weighted by atomic mass is 10.3. The van der Waals surface area contributed by atoms with Crippen molar-refractivity contribution in [2.75, 3.05) is 0 Å². The van der Waals surface area contributed by atoms with Crippen LogP contribution >= 0.6 is 0 Å². The molecule has 0 aliphatic heterocycles. The summed E-state index contributed by atoms with van der Waals surface area (Å²) in [7, 11) is 2.02. The molecule has 0 unspecified atom stereocenters. The molecule has 0 N–H and O–H groups in total. The number of hydrogen-bond donors (Lipinski definition) is 0. The quantitative estimate of drug-likeness (QED) is 0.403. The van der Waals surface area contributed by atoms with Crippen molar-refractivity contribution < 1.29 is 28.5 Å². The van der Waals surface area contributed by atoms with Crippen LogP contribution in [0.3, 0.4) is 0 Å². The van der Waals surface area contributed by atoms with Gasteiger partial charge in [0.25, 0.3) is 0 Å². The molecule has 0 aliphatic carbocycles. The average molecular weight is 272 g/mol. The highest BCUT2D eigenvalue weighted by molar-refractivity contribution is 5.69. The number of hydrogen-bond acceptors (Lipinski definition) is 1. The van der Waals surface area contributed by atoms with E-state index in [0.29, 0.717) is 0 Å². The van der Waals surface area contributed by atoms with Gasteiger partial charge in [0.2, 0.25) is 5.52 Å². The molecule has 2 heterocycles. The summed E-state index contributed by atoms with van der Waals surface area (Å²) in [5, 5.41) is 0. The number of rotatable bonds is 0. The fourth-order valence-corrected chi connectivity index (χ4v) is 1.18. The minimum Gasteiger partial charge on any atom is -1.00 e. The van der Waals surface area contributed by atoms with Gasteiger partial charge in [0.1, 0.15) is 12.6 Å². The highest BCUT2D eigenvalue weighted by Gasteiger charge is 2.00. The predicted molar refractivity (Wildman–Crippen MR) is 42.9 cm³/mol. The Bertz CT molecular complexity index is 382. The topological polar surface area (TPSA) is 16.8 Å². The van der Waals surface area contributed by atoms with Crippen LogP contribution in [0.2, 0.25) is 0 Å². The van der Waals surface area contributed by atoms with E-state index in [-0.39, 0.29) is 24.0 Å². The van der Waals surface area contributed by atoms with Crippen LogP contribution in [0.5, 0.6) is 0 Å². The lowest BCUT2D eigenvalue weighted by molar-refractivity contribution is -0.645. The minimum atomic E-state index is 0. The van der Waals surface area contributed by atoms with E-state index in [1.807, 2.05) is 37.6 Å². The first-order chi connectivity index (χ1) is 5.38. The van der Waals surface area contributed by atoms with E-state index in [0.717, 1.165) is 11.0 Å². The van der Waals surface area contributed by atoms with Crippen molar-refractivity contribution in [3.63, 3.8) is 0 Å². The van der Waals surface area contributed by atoms with Crippen molar-refractivity contribution in [2.45, 2.75) is 0 Å². The molecule has 0 fully saturated rings. The Morgan fingerprint density at radius 2 is 2.08 bits per heavy atom. The van der Waals surface area contributed by atoms with Crippen molar-refractivity contribution in [1.29, 1.82) is 0 Å². The predicted octanol–water partition coefficient (Wildman–Crippen LogP) is -1.94. The van der Waals surface area contributed by atoms with Gasteiger partial charge in [-0.1, -0.05) is 0 Å². The fourth-order valence-electron chi connectivity index (χ4n) is 1.18. The van der Waals surface area contributed by atoms with Gasteiger partial charge in [-0.25, -0.2) is 4.98 Å². The van der Waals surface area contributed by atoms with Crippen LogP contribution < -0.4 is 28.5 Å². The average Bonchev–Trinajstić information content (AvgIpc) is 2.06. The zero-order valence-corrected chi connectivity index (χ0v) is 8.89. The van der Waals surface area contributed by atoms with Gasteiger partial charge in [-0.05, 0) is 12.1 Å². The number of pyridine rings is 2.